The Morgan fingerprint density at radius 2 is 1.65 bits per heavy atom. The molecular formula is C14H23F3N2O. The molecule has 1 heterocycles. The van der Waals surface area contributed by atoms with Crippen molar-refractivity contribution < 1.29 is 17.7 Å². The van der Waals surface area contributed by atoms with E-state index in [1.165, 1.54) is 0 Å². The molecular weight excluding hydrogens is 269 g/mol. The van der Waals surface area contributed by atoms with Crippen LogP contribution in [0, 0.1) is 0 Å². The van der Waals surface area contributed by atoms with Gasteiger partial charge in [0.05, 0.1) is 0 Å². The van der Waals surface area contributed by atoms with Crippen molar-refractivity contribution >= 4 is 0 Å². The summed E-state index contributed by atoms with van der Waals surface area (Å²) in [7, 11) is 0. The molecule has 1 atom stereocenters. The van der Waals surface area contributed by atoms with Gasteiger partial charge in [-0.2, -0.15) is 18.2 Å². The summed E-state index contributed by atoms with van der Waals surface area (Å²) < 4.78 is 42.3. The predicted octanol–water partition coefficient (Wildman–Crippen LogP) is 5.33. The van der Waals surface area contributed by atoms with Crippen molar-refractivity contribution in [2.24, 2.45) is 0 Å². The van der Waals surface area contributed by atoms with Gasteiger partial charge in [0, 0.05) is 5.92 Å². The van der Waals surface area contributed by atoms with Crippen LogP contribution in [0.3, 0.4) is 0 Å². The van der Waals surface area contributed by atoms with Crippen LogP contribution in [0.5, 0.6) is 0 Å². The van der Waals surface area contributed by atoms with E-state index in [0.29, 0.717) is 0 Å². The van der Waals surface area contributed by atoms with Crippen molar-refractivity contribution in [1.29, 1.82) is 0 Å². The Hall–Kier alpha value is -1.07. The van der Waals surface area contributed by atoms with E-state index >= 15 is 0 Å². The Balaban J connectivity index is 2.64. The molecule has 20 heavy (non-hydrogen) atoms. The highest BCUT2D eigenvalue weighted by Crippen LogP contribution is 2.31. The van der Waals surface area contributed by atoms with Gasteiger partial charge >= 0.3 is 6.18 Å². The zero-order valence-electron chi connectivity index (χ0n) is 12.2. The standard InChI is InChI=1S/C14H23F3N2O/c1-3-5-7-8-10-11(9-6-4-2)12-18-13(19-20-12)14(15,16)17/h11H,3-10H2,1-2H3. The third-order valence-corrected chi connectivity index (χ3v) is 3.36. The summed E-state index contributed by atoms with van der Waals surface area (Å²) in [5.74, 6) is -1.07. The van der Waals surface area contributed by atoms with E-state index in [0.717, 1.165) is 51.4 Å². The second-order valence-electron chi connectivity index (χ2n) is 5.14. The molecule has 0 saturated heterocycles. The van der Waals surface area contributed by atoms with Crippen LogP contribution in [0.4, 0.5) is 13.2 Å². The van der Waals surface area contributed by atoms with Crippen LogP contribution in [0.15, 0.2) is 4.52 Å². The van der Waals surface area contributed by atoms with Gasteiger partial charge in [-0.1, -0.05) is 57.5 Å². The second-order valence-corrected chi connectivity index (χ2v) is 5.14. The Bertz CT molecular complexity index is 377. The molecule has 3 nitrogen and oxygen atoms in total. The molecule has 1 aromatic rings. The molecule has 0 N–H and O–H groups in total. The average molecular weight is 292 g/mol. The molecule has 0 bridgehead atoms. The molecule has 1 rings (SSSR count). The fourth-order valence-electron chi connectivity index (χ4n) is 2.18. The first-order valence-corrected chi connectivity index (χ1v) is 7.39. The lowest BCUT2D eigenvalue weighted by atomic mass is 9.95. The van der Waals surface area contributed by atoms with Crippen LogP contribution in [-0.4, -0.2) is 10.1 Å². The van der Waals surface area contributed by atoms with Crippen molar-refractivity contribution in [3.05, 3.63) is 11.7 Å². The van der Waals surface area contributed by atoms with E-state index in [2.05, 4.69) is 24.0 Å². The van der Waals surface area contributed by atoms with Crippen LogP contribution in [0.1, 0.15) is 82.8 Å². The molecule has 1 unspecified atom stereocenters. The van der Waals surface area contributed by atoms with E-state index < -0.39 is 12.0 Å². The normalized spacial score (nSPS) is 13.7. The minimum atomic E-state index is -4.53. The summed E-state index contributed by atoms with van der Waals surface area (Å²) in [5.41, 5.74) is 0. The van der Waals surface area contributed by atoms with Crippen LogP contribution in [0.25, 0.3) is 0 Å². The highest BCUT2D eigenvalue weighted by Gasteiger charge is 2.38. The van der Waals surface area contributed by atoms with Crippen LogP contribution < -0.4 is 0 Å². The average Bonchev–Trinajstić information content (AvgIpc) is 2.87. The zero-order valence-corrected chi connectivity index (χ0v) is 12.2. The third-order valence-electron chi connectivity index (χ3n) is 3.36. The topological polar surface area (TPSA) is 38.9 Å². The summed E-state index contributed by atoms with van der Waals surface area (Å²) in [6.45, 7) is 4.19. The molecule has 0 aliphatic heterocycles. The van der Waals surface area contributed by atoms with Gasteiger partial charge < -0.3 is 4.52 Å². The van der Waals surface area contributed by atoms with Crippen LogP contribution in [0.2, 0.25) is 0 Å². The van der Waals surface area contributed by atoms with Gasteiger partial charge in [0.1, 0.15) is 0 Å². The fraction of sp³-hybridized carbons (Fsp3) is 0.857. The van der Waals surface area contributed by atoms with E-state index in [1.54, 1.807) is 0 Å². The first-order valence-electron chi connectivity index (χ1n) is 7.39. The minimum Gasteiger partial charge on any atom is -0.339 e. The van der Waals surface area contributed by atoms with Gasteiger partial charge in [-0.15, -0.1) is 0 Å². The molecule has 0 amide bonds. The number of aromatic nitrogens is 2. The molecule has 0 fully saturated rings. The molecule has 0 aromatic carbocycles. The van der Waals surface area contributed by atoms with Crippen LogP contribution >= 0.6 is 0 Å². The Morgan fingerprint density at radius 3 is 2.20 bits per heavy atom. The number of nitrogens with zero attached hydrogens (tertiary/aromatic N) is 2. The Labute approximate surface area is 117 Å². The zero-order chi connectivity index (χ0) is 15.0. The molecule has 0 aliphatic carbocycles. The fourth-order valence-corrected chi connectivity index (χ4v) is 2.18. The lowest BCUT2D eigenvalue weighted by molar-refractivity contribution is -0.146. The summed E-state index contributed by atoms with van der Waals surface area (Å²) in [6, 6.07) is 0. The van der Waals surface area contributed by atoms with Crippen molar-refractivity contribution in [3.63, 3.8) is 0 Å². The number of hydrogen-bond donors (Lipinski definition) is 0. The monoisotopic (exact) mass is 292 g/mol. The largest absolute Gasteiger partial charge is 0.455 e. The highest BCUT2D eigenvalue weighted by molar-refractivity contribution is 4.96. The number of halogens is 3. The Kier molecular flexibility index (Phi) is 7.02. The minimum absolute atomic E-state index is 0.0459. The maximum atomic E-state index is 12.5. The van der Waals surface area contributed by atoms with Crippen molar-refractivity contribution in [2.75, 3.05) is 0 Å². The summed E-state index contributed by atoms with van der Waals surface area (Å²) in [5, 5.41) is 3.05. The molecule has 6 heteroatoms. The molecule has 0 saturated carbocycles. The predicted molar refractivity (Wildman–Crippen MR) is 70.3 cm³/mol. The van der Waals surface area contributed by atoms with Crippen molar-refractivity contribution in [3.8, 4) is 0 Å². The molecule has 0 aliphatic rings. The summed E-state index contributed by atoms with van der Waals surface area (Å²) >= 11 is 0. The van der Waals surface area contributed by atoms with E-state index in [9.17, 15) is 13.2 Å². The maximum Gasteiger partial charge on any atom is 0.455 e. The van der Waals surface area contributed by atoms with E-state index in [4.69, 9.17) is 4.52 Å². The molecule has 116 valence electrons. The highest BCUT2D eigenvalue weighted by atomic mass is 19.4. The Morgan fingerprint density at radius 1 is 1.00 bits per heavy atom. The number of rotatable bonds is 9. The van der Waals surface area contributed by atoms with E-state index in [1.807, 2.05) is 0 Å². The van der Waals surface area contributed by atoms with Crippen molar-refractivity contribution in [2.45, 2.75) is 77.3 Å². The number of unbranched alkanes of at least 4 members (excludes halogenated alkanes) is 4. The molecule has 0 radical (unpaired) electrons. The van der Waals surface area contributed by atoms with Gasteiger partial charge in [0.2, 0.25) is 5.89 Å². The van der Waals surface area contributed by atoms with Crippen LogP contribution in [-0.2, 0) is 6.18 Å². The lowest BCUT2D eigenvalue weighted by Crippen LogP contribution is -2.08. The molecule has 1 aromatic heterocycles. The van der Waals surface area contributed by atoms with Gasteiger partial charge in [-0.25, -0.2) is 0 Å². The van der Waals surface area contributed by atoms with Gasteiger partial charge in [-0.3, -0.25) is 0 Å². The van der Waals surface area contributed by atoms with Gasteiger partial charge in [0.15, 0.2) is 0 Å². The third kappa shape index (κ3) is 5.51. The first kappa shape index (κ1) is 17.0. The summed E-state index contributed by atoms with van der Waals surface area (Å²) in [6.07, 6.45) is 3.44. The SMILES string of the molecule is CCCCCCC(CCCC)c1nc(C(F)(F)F)no1. The van der Waals surface area contributed by atoms with E-state index in [-0.39, 0.29) is 11.8 Å². The number of alkyl halides is 3. The summed E-state index contributed by atoms with van der Waals surface area (Å²) in [4.78, 5) is 3.53. The second kappa shape index (κ2) is 8.27. The smallest absolute Gasteiger partial charge is 0.339 e. The first-order chi connectivity index (χ1) is 9.49. The molecule has 0 spiro atoms. The number of hydrogen-bond acceptors (Lipinski definition) is 3. The lowest BCUT2D eigenvalue weighted by Gasteiger charge is -2.11. The van der Waals surface area contributed by atoms with Gasteiger partial charge in [0.25, 0.3) is 5.82 Å². The van der Waals surface area contributed by atoms with Gasteiger partial charge in [-0.05, 0) is 12.8 Å². The maximum absolute atomic E-state index is 12.5. The van der Waals surface area contributed by atoms with Crippen molar-refractivity contribution in [1.82, 2.24) is 10.1 Å². The quantitative estimate of drug-likeness (QED) is 0.577.